The van der Waals surface area contributed by atoms with E-state index in [-0.39, 0.29) is 0 Å². The Kier molecular flexibility index (Phi) is 3.88. The van der Waals surface area contributed by atoms with Crippen LogP contribution in [-0.4, -0.2) is 0 Å². The molecule has 0 fully saturated rings. The van der Waals surface area contributed by atoms with Crippen molar-refractivity contribution in [2.75, 3.05) is 0 Å². The minimum absolute atomic E-state index is 1.32. The number of hydrogen-bond donors (Lipinski definition) is 0. The van der Waals surface area contributed by atoms with Crippen molar-refractivity contribution in [3.63, 3.8) is 0 Å². The van der Waals surface area contributed by atoms with Gasteiger partial charge in [-0.2, -0.15) is 0 Å². The van der Waals surface area contributed by atoms with E-state index in [1.54, 1.807) is 0 Å². The highest BCUT2D eigenvalue weighted by Gasteiger charge is 2.18. The Labute approximate surface area is 156 Å². The normalized spacial score (nSPS) is 11.5. The van der Waals surface area contributed by atoms with Gasteiger partial charge >= 0.3 is 0 Å². The third kappa shape index (κ3) is 2.29. The van der Waals surface area contributed by atoms with E-state index in [4.69, 9.17) is 0 Å². The zero-order valence-electron chi connectivity index (χ0n) is 16.6. The Balaban J connectivity index is 2.31. The lowest BCUT2D eigenvalue weighted by atomic mass is 9.82. The number of fused-ring (bicyclic) bond motifs is 2. The van der Waals surface area contributed by atoms with Crippen LogP contribution < -0.4 is 0 Å². The van der Waals surface area contributed by atoms with Crippen LogP contribution in [-0.2, 0) is 0 Å². The summed E-state index contributed by atoms with van der Waals surface area (Å²) in [4.78, 5) is 0. The molecule has 0 N–H and O–H groups in total. The molecule has 4 rings (SSSR count). The molecule has 26 heavy (non-hydrogen) atoms. The molecule has 0 saturated carbocycles. The number of hydrogen-bond acceptors (Lipinski definition) is 0. The van der Waals surface area contributed by atoms with Crippen molar-refractivity contribution in [1.29, 1.82) is 0 Å². The fourth-order valence-electron chi connectivity index (χ4n) is 4.39. The van der Waals surface area contributed by atoms with Crippen LogP contribution in [0.4, 0.5) is 0 Å². The number of aryl methyl sites for hydroxylation is 1. The van der Waals surface area contributed by atoms with Gasteiger partial charge in [-0.1, -0.05) is 42.5 Å². The van der Waals surface area contributed by atoms with E-state index in [9.17, 15) is 0 Å². The monoisotopic (exact) mass is 338 g/mol. The van der Waals surface area contributed by atoms with Crippen LogP contribution in [0.15, 0.2) is 48.5 Å². The molecule has 0 aromatic heterocycles. The lowest BCUT2D eigenvalue weighted by Gasteiger charge is -2.22. The molecular weight excluding hydrogens is 312 g/mol. The van der Waals surface area contributed by atoms with Crippen molar-refractivity contribution in [1.82, 2.24) is 0 Å². The van der Waals surface area contributed by atoms with Crippen molar-refractivity contribution >= 4 is 21.5 Å². The summed E-state index contributed by atoms with van der Waals surface area (Å²) < 4.78 is 0. The minimum atomic E-state index is 1.32. The Morgan fingerprint density at radius 2 is 1.04 bits per heavy atom. The molecule has 0 unspecified atom stereocenters. The van der Waals surface area contributed by atoms with Gasteiger partial charge in [0.1, 0.15) is 0 Å². The average molecular weight is 338 g/mol. The standard InChI is InChI=1S/C26H26/c1-15-10-9-13-23-24(15)14-21-11-7-8-12-22(21)26(23)25-19(5)17(3)16(2)18(4)20(25)6/h7-14H,1-6H3. The van der Waals surface area contributed by atoms with E-state index in [1.807, 2.05) is 0 Å². The predicted octanol–water partition coefficient (Wildman–Crippen LogP) is 7.51. The number of benzene rings is 4. The largest absolute Gasteiger partial charge is 0.0616 e. The first-order valence-corrected chi connectivity index (χ1v) is 9.40. The van der Waals surface area contributed by atoms with Gasteiger partial charge in [-0.3, -0.25) is 0 Å². The molecule has 0 aliphatic rings. The predicted molar refractivity (Wildman–Crippen MR) is 115 cm³/mol. The molecule has 0 heteroatoms. The Morgan fingerprint density at radius 3 is 1.73 bits per heavy atom. The molecule has 4 aromatic rings. The van der Waals surface area contributed by atoms with Gasteiger partial charge in [-0.05, 0) is 114 Å². The highest BCUT2D eigenvalue weighted by molar-refractivity contribution is 6.14. The van der Waals surface area contributed by atoms with E-state index < -0.39 is 0 Å². The third-order valence-corrected chi connectivity index (χ3v) is 6.37. The summed E-state index contributed by atoms with van der Waals surface area (Å²) in [6.07, 6.45) is 0. The van der Waals surface area contributed by atoms with Crippen molar-refractivity contribution in [2.45, 2.75) is 41.5 Å². The van der Waals surface area contributed by atoms with Gasteiger partial charge in [0.2, 0.25) is 0 Å². The molecule has 0 heterocycles. The minimum Gasteiger partial charge on any atom is -0.0616 e. The molecular formula is C26H26. The first-order chi connectivity index (χ1) is 12.4. The maximum Gasteiger partial charge on any atom is -0.00212 e. The second-order valence-electron chi connectivity index (χ2n) is 7.64. The van der Waals surface area contributed by atoms with Gasteiger partial charge in [-0.15, -0.1) is 0 Å². The highest BCUT2D eigenvalue weighted by Crippen LogP contribution is 2.42. The molecule has 0 radical (unpaired) electrons. The van der Waals surface area contributed by atoms with E-state index in [1.165, 1.54) is 66.1 Å². The van der Waals surface area contributed by atoms with Gasteiger partial charge in [-0.25, -0.2) is 0 Å². The van der Waals surface area contributed by atoms with Gasteiger partial charge in [0.25, 0.3) is 0 Å². The summed E-state index contributed by atoms with van der Waals surface area (Å²) in [6.45, 7) is 13.6. The fourth-order valence-corrected chi connectivity index (χ4v) is 4.39. The Morgan fingerprint density at radius 1 is 0.462 bits per heavy atom. The first kappa shape index (κ1) is 16.8. The molecule has 0 amide bonds. The molecule has 0 saturated heterocycles. The van der Waals surface area contributed by atoms with Crippen molar-refractivity contribution < 1.29 is 0 Å². The Hall–Kier alpha value is -2.60. The summed E-state index contributed by atoms with van der Waals surface area (Å²) in [5.41, 5.74) is 11.2. The number of rotatable bonds is 1. The van der Waals surface area contributed by atoms with Gasteiger partial charge in [0.05, 0.1) is 0 Å². The second kappa shape index (κ2) is 5.99. The third-order valence-electron chi connectivity index (χ3n) is 6.37. The van der Waals surface area contributed by atoms with Crippen LogP contribution in [0.2, 0.25) is 0 Å². The molecule has 0 atom stereocenters. The maximum absolute atomic E-state index is 2.35. The second-order valence-corrected chi connectivity index (χ2v) is 7.64. The van der Waals surface area contributed by atoms with Gasteiger partial charge in [0, 0.05) is 0 Å². The van der Waals surface area contributed by atoms with Crippen molar-refractivity contribution in [3.8, 4) is 11.1 Å². The van der Waals surface area contributed by atoms with Crippen LogP contribution in [0, 0.1) is 41.5 Å². The molecule has 0 aliphatic heterocycles. The van der Waals surface area contributed by atoms with Gasteiger partial charge in [0.15, 0.2) is 0 Å². The van der Waals surface area contributed by atoms with E-state index >= 15 is 0 Å². The zero-order chi connectivity index (χ0) is 18.6. The summed E-state index contributed by atoms with van der Waals surface area (Å²) in [6, 6.07) is 17.9. The lowest BCUT2D eigenvalue weighted by Crippen LogP contribution is -2.00. The van der Waals surface area contributed by atoms with E-state index in [0.717, 1.165) is 0 Å². The Bertz CT molecular complexity index is 1150. The first-order valence-electron chi connectivity index (χ1n) is 9.40. The summed E-state index contributed by atoms with van der Waals surface area (Å²) in [7, 11) is 0. The SMILES string of the molecule is Cc1c(C)c(C)c(-c2c3ccccc3cc3c(C)cccc23)c(C)c1C. The quantitative estimate of drug-likeness (QED) is 0.315. The molecule has 0 nitrogen and oxygen atoms in total. The summed E-state index contributed by atoms with van der Waals surface area (Å²) >= 11 is 0. The van der Waals surface area contributed by atoms with Gasteiger partial charge < -0.3 is 0 Å². The van der Waals surface area contributed by atoms with Crippen LogP contribution >= 0.6 is 0 Å². The molecule has 4 aromatic carbocycles. The maximum atomic E-state index is 2.35. The van der Waals surface area contributed by atoms with Crippen LogP contribution in [0.5, 0.6) is 0 Å². The van der Waals surface area contributed by atoms with Crippen LogP contribution in [0.3, 0.4) is 0 Å². The average Bonchev–Trinajstić information content (AvgIpc) is 2.65. The smallest absolute Gasteiger partial charge is 0.00212 e. The van der Waals surface area contributed by atoms with E-state index in [2.05, 4.69) is 90.1 Å². The fraction of sp³-hybridized carbons (Fsp3) is 0.231. The van der Waals surface area contributed by atoms with Crippen LogP contribution in [0.25, 0.3) is 32.7 Å². The van der Waals surface area contributed by atoms with Crippen LogP contribution in [0.1, 0.15) is 33.4 Å². The topological polar surface area (TPSA) is 0 Å². The zero-order valence-corrected chi connectivity index (χ0v) is 16.6. The summed E-state index contributed by atoms with van der Waals surface area (Å²) in [5.74, 6) is 0. The van der Waals surface area contributed by atoms with Crippen molar-refractivity contribution in [3.05, 3.63) is 81.9 Å². The highest BCUT2D eigenvalue weighted by atomic mass is 14.2. The lowest BCUT2D eigenvalue weighted by molar-refractivity contribution is 1.18. The molecule has 0 bridgehead atoms. The molecule has 0 spiro atoms. The summed E-state index contributed by atoms with van der Waals surface area (Å²) in [5, 5.41) is 5.38. The van der Waals surface area contributed by atoms with E-state index in [0.29, 0.717) is 0 Å². The molecule has 130 valence electrons. The van der Waals surface area contributed by atoms with Crippen molar-refractivity contribution in [2.24, 2.45) is 0 Å². The molecule has 0 aliphatic carbocycles.